The maximum atomic E-state index is 12.0. The average molecular weight is 299 g/mol. The highest BCUT2D eigenvalue weighted by atomic mass is 35.5. The zero-order chi connectivity index (χ0) is 13.7. The lowest BCUT2D eigenvalue weighted by Crippen LogP contribution is -2.34. The molecule has 112 valence electrons. The molecule has 3 N–H and O–H groups in total. The van der Waals surface area contributed by atoms with Crippen LogP contribution in [-0.4, -0.2) is 36.8 Å². The minimum absolute atomic E-state index is 0. The van der Waals surface area contributed by atoms with Gasteiger partial charge in [0.25, 0.3) is 5.91 Å². The van der Waals surface area contributed by atoms with E-state index in [4.69, 9.17) is 0 Å². The van der Waals surface area contributed by atoms with Gasteiger partial charge in [0.1, 0.15) is 0 Å². The summed E-state index contributed by atoms with van der Waals surface area (Å²) in [6.07, 6.45) is 1.80. The maximum Gasteiger partial charge on any atom is 0.251 e. The normalized spacial score (nSPS) is 21.3. The summed E-state index contributed by atoms with van der Waals surface area (Å²) in [5, 5.41) is 15.6. The van der Waals surface area contributed by atoms with Crippen molar-refractivity contribution < 1.29 is 9.90 Å². The lowest BCUT2D eigenvalue weighted by atomic mass is 10.1. The second-order valence-electron chi connectivity index (χ2n) is 5.14. The van der Waals surface area contributed by atoms with Gasteiger partial charge >= 0.3 is 0 Å². The lowest BCUT2D eigenvalue weighted by molar-refractivity contribution is 0.0927. The molecule has 1 heterocycles. The molecule has 0 spiro atoms. The molecule has 20 heavy (non-hydrogen) atoms. The standard InChI is InChI=1S/C15H22N2O2.ClH/c1-2-3-11-4-6-12(7-5-11)15(19)17-9-13-8-16-10-14(13)18;/h4-7,13-14,16,18H,2-3,8-10H2,1H3,(H,17,19);1H. The van der Waals surface area contributed by atoms with Crippen molar-refractivity contribution in [3.05, 3.63) is 35.4 Å². The fraction of sp³-hybridized carbons (Fsp3) is 0.533. The van der Waals surface area contributed by atoms with Gasteiger partial charge in [-0.2, -0.15) is 0 Å². The van der Waals surface area contributed by atoms with Gasteiger partial charge in [0.05, 0.1) is 6.10 Å². The number of hydrogen-bond acceptors (Lipinski definition) is 3. The van der Waals surface area contributed by atoms with Crippen molar-refractivity contribution in [1.29, 1.82) is 0 Å². The van der Waals surface area contributed by atoms with Gasteiger partial charge in [0, 0.05) is 31.1 Å². The van der Waals surface area contributed by atoms with Gasteiger partial charge in [-0.1, -0.05) is 25.5 Å². The zero-order valence-electron chi connectivity index (χ0n) is 11.8. The molecule has 5 heteroatoms. The van der Waals surface area contributed by atoms with Crippen LogP contribution in [0, 0.1) is 5.92 Å². The smallest absolute Gasteiger partial charge is 0.251 e. The average Bonchev–Trinajstić information content (AvgIpc) is 2.83. The van der Waals surface area contributed by atoms with E-state index in [1.165, 1.54) is 5.56 Å². The third-order valence-corrected chi connectivity index (χ3v) is 3.58. The molecule has 2 rings (SSSR count). The van der Waals surface area contributed by atoms with Crippen molar-refractivity contribution >= 4 is 18.3 Å². The molecule has 0 bridgehead atoms. The number of aliphatic hydroxyl groups excluding tert-OH is 1. The Hall–Kier alpha value is -1.10. The number of aryl methyl sites for hydroxylation is 1. The topological polar surface area (TPSA) is 61.4 Å². The molecule has 1 amide bonds. The van der Waals surface area contributed by atoms with Crippen LogP contribution in [0.1, 0.15) is 29.3 Å². The van der Waals surface area contributed by atoms with Crippen LogP contribution in [0.15, 0.2) is 24.3 Å². The van der Waals surface area contributed by atoms with Crippen molar-refractivity contribution in [2.24, 2.45) is 5.92 Å². The van der Waals surface area contributed by atoms with Gasteiger partial charge in [-0.15, -0.1) is 12.4 Å². The molecule has 1 saturated heterocycles. The van der Waals surface area contributed by atoms with E-state index >= 15 is 0 Å². The first-order valence-electron chi connectivity index (χ1n) is 6.96. The molecule has 0 aromatic heterocycles. The number of hydrogen-bond donors (Lipinski definition) is 3. The van der Waals surface area contributed by atoms with Gasteiger partial charge in [-0.05, 0) is 24.1 Å². The van der Waals surface area contributed by atoms with Gasteiger partial charge in [0.15, 0.2) is 0 Å². The Balaban J connectivity index is 0.00000200. The number of nitrogens with one attached hydrogen (secondary N) is 2. The van der Waals surface area contributed by atoms with E-state index in [1.54, 1.807) is 0 Å². The second kappa shape index (κ2) is 8.25. The summed E-state index contributed by atoms with van der Waals surface area (Å²) in [6, 6.07) is 7.74. The summed E-state index contributed by atoms with van der Waals surface area (Å²) in [4.78, 5) is 12.0. The molecule has 1 aliphatic rings. The van der Waals surface area contributed by atoms with E-state index in [1.807, 2.05) is 24.3 Å². The largest absolute Gasteiger partial charge is 0.391 e. The minimum atomic E-state index is -0.354. The molecule has 4 nitrogen and oxygen atoms in total. The molecule has 0 saturated carbocycles. The van der Waals surface area contributed by atoms with E-state index in [9.17, 15) is 9.90 Å². The highest BCUT2D eigenvalue weighted by molar-refractivity contribution is 5.94. The summed E-state index contributed by atoms with van der Waals surface area (Å²) in [5.74, 6) is 0.0467. The minimum Gasteiger partial charge on any atom is -0.391 e. The van der Waals surface area contributed by atoms with E-state index in [0.717, 1.165) is 19.4 Å². The van der Waals surface area contributed by atoms with Gasteiger partial charge in [-0.3, -0.25) is 4.79 Å². The number of amides is 1. The molecule has 1 aliphatic heterocycles. The molecule has 1 aromatic rings. The third-order valence-electron chi connectivity index (χ3n) is 3.58. The summed E-state index contributed by atoms with van der Waals surface area (Å²) in [7, 11) is 0. The summed E-state index contributed by atoms with van der Waals surface area (Å²) < 4.78 is 0. The molecule has 1 fully saturated rings. The Morgan fingerprint density at radius 2 is 2.05 bits per heavy atom. The first-order chi connectivity index (χ1) is 9.20. The van der Waals surface area contributed by atoms with E-state index in [2.05, 4.69) is 17.6 Å². The van der Waals surface area contributed by atoms with E-state index in [0.29, 0.717) is 18.7 Å². The lowest BCUT2D eigenvalue weighted by Gasteiger charge is -2.14. The third kappa shape index (κ3) is 4.47. The van der Waals surface area contributed by atoms with Crippen molar-refractivity contribution in [2.75, 3.05) is 19.6 Å². The van der Waals surface area contributed by atoms with Crippen molar-refractivity contribution in [3.8, 4) is 0 Å². The first-order valence-corrected chi connectivity index (χ1v) is 6.96. The number of carbonyl (C=O) groups is 1. The Kier molecular flexibility index (Phi) is 6.99. The number of aliphatic hydroxyl groups is 1. The van der Waals surface area contributed by atoms with Crippen LogP contribution in [0.4, 0.5) is 0 Å². The van der Waals surface area contributed by atoms with Crippen LogP contribution < -0.4 is 10.6 Å². The summed E-state index contributed by atoms with van der Waals surface area (Å²) in [5.41, 5.74) is 1.94. The van der Waals surface area contributed by atoms with Crippen molar-refractivity contribution in [1.82, 2.24) is 10.6 Å². The molecule has 0 radical (unpaired) electrons. The van der Waals surface area contributed by atoms with Gasteiger partial charge in [-0.25, -0.2) is 0 Å². The Morgan fingerprint density at radius 3 is 2.60 bits per heavy atom. The zero-order valence-corrected chi connectivity index (χ0v) is 12.6. The maximum absolute atomic E-state index is 12.0. The fourth-order valence-corrected chi connectivity index (χ4v) is 2.36. The highest BCUT2D eigenvalue weighted by Gasteiger charge is 2.25. The van der Waals surface area contributed by atoms with E-state index in [-0.39, 0.29) is 30.3 Å². The molecular formula is C15H23ClN2O2. The van der Waals surface area contributed by atoms with Crippen LogP contribution in [0.5, 0.6) is 0 Å². The molecule has 2 atom stereocenters. The van der Waals surface area contributed by atoms with E-state index < -0.39 is 0 Å². The van der Waals surface area contributed by atoms with Crippen LogP contribution in [0.2, 0.25) is 0 Å². The van der Waals surface area contributed by atoms with Crippen LogP contribution in [-0.2, 0) is 6.42 Å². The van der Waals surface area contributed by atoms with Crippen LogP contribution >= 0.6 is 12.4 Å². The van der Waals surface area contributed by atoms with Gasteiger partial charge in [0.2, 0.25) is 0 Å². The van der Waals surface area contributed by atoms with Crippen LogP contribution in [0.3, 0.4) is 0 Å². The second-order valence-corrected chi connectivity index (χ2v) is 5.14. The van der Waals surface area contributed by atoms with Crippen LogP contribution in [0.25, 0.3) is 0 Å². The molecule has 1 aromatic carbocycles. The number of halogens is 1. The van der Waals surface area contributed by atoms with Crippen molar-refractivity contribution in [2.45, 2.75) is 25.9 Å². The SMILES string of the molecule is CCCc1ccc(C(=O)NCC2CNCC2O)cc1.Cl. The molecular weight excluding hydrogens is 276 g/mol. The predicted molar refractivity (Wildman–Crippen MR) is 82.4 cm³/mol. The Morgan fingerprint density at radius 1 is 1.35 bits per heavy atom. The quantitative estimate of drug-likeness (QED) is 0.769. The monoisotopic (exact) mass is 298 g/mol. The molecule has 0 aliphatic carbocycles. The first kappa shape index (κ1) is 17.0. The summed E-state index contributed by atoms with van der Waals surface area (Å²) in [6.45, 7) is 4.04. The Labute approximate surface area is 126 Å². The number of rotatable bonds is 5. The number of carbonyl (C=O) groups excluding carboxylic acids is 1. The Bertz CT molecular complexity index is 422. The number of benzene rings is 1. The predicted octanol–water partition coefficient (Wildman–Crippen LogP) is 1.37. The summed E-state index contributed by atoms with van der Waals surface area (Å²) >= 11 is 0. The molecule has 2 unspecified atom stereocenters. The fourth-order valence-electron chi connectivity index (χ4n) is 2.36. The van der Waals surface area contributed by atoms with Gasteiger partial charge < -0.3 is 15.7 Å². The van der Waals surface area contributed by atoms with Crippen molar-refractivity contribution in [3.63, 3.8) is 0 Å². The number of β-amino-alcohol motifs (C(OH)–C–C–N with tert-alkyl or cyclic N) is 1. The highest BCUT2D eigenvalue weighted by Crippen LogP contribution is 2.09.